The van der Waals surface area contributed by atoms with Crippen LogP contribution in [0.4, 0.5) is 0 Å². The molecule has 0 saturated heterocycles. The van der Waals surface area contributed by atoms with Crippen molar-refractivity contribution in [2.24, 2.45) is 5.92 Å². The third-order valence-electron chi connectivity index (χ3n) is 0.914. The molecule has 0 aliphatic heterocycles. The Bertz CT molecular complexity index is 63.9. The van der Waals surface area contributed by atoms with Crippen LogP contribution in [0, 0.1) is 5.92 Å². The van der Waals surface area contributed by atoms with E-state index >= 15 is 0 Å². The van der Waals surface area contributed by atoms with E-state index in [4.69, 9.17) is 9.84 Å². The van der Waals surface area contributed by atoms with Crippen molar-refractivity contribution < 1.29 is 14.6 Å². The molecule has 62 valence electrons. The van der Waals surface area contributed by atoms with Gasteiger partial charge in [0.05, 0.1) is 13.2 Å². The second-order valence-corrected chi connectivity index (χ2v) is 2.51. The highest BCUT2D eigenvalue weighted by Gasteiger charge is 1.92. The first-order valence-corrected chi connectivity index (χ1v) is 3.53. The molecule has 0 aromatic rings. The molecule has 0 aromatic carbocycles. The highest BCUT2D eigenvalue weighted by atomic mass is 16.6. The summed E-state index contributed by atoms with van der Waals surface area (Å²) < 4.78 is 9.81. The third kappa shape index (κ3) is 7.88. The summed E-state index contributed by atoms with van der Waals surface area (Å²) in [6.45, 7) is 5.77. The molecule has 3 heteroatoms. The summed E-state index contributed by atoms with van der Waals surface area (Å²) >= 11 is 0. The van der Waals surface area contributed by atoms with Crippen LogP contribution in [0.5, 0.6) is 0 Å². The van der Waals surface area contributed by atoms with E-state index in [9.17, 15) is 0 Å². The van der Waals surface area contributed by atoms with Crippen LogP contribution in [-0.4, -0.2) is 31.7 Å². The fourth-order valence-corrected chi connectivity index (χ4v) is 0.501. The standard InChI is InChI=1S/C7H16O3/c1-7(2)5-9-3-4-10-6-8/h7-8H,3-6H2,1-2H3. The van der Waals surface area contributed by atoms with Crippen LogP contribution in [0.3, 0.4) is 0 Å². The highest BCUT2D eigenvalue weighted by molar-refractivity contribution is 4.38. The molecule has 0 bridgehead atoms. The van der Waals surface area contributed by atoms with Gasteiger partial charge in [-0.1, -0.05) is 13.8 Å². The molecule has 0 aliphatic carbocycles. The van der Waals surface area contributed by atoms with Crippen molar-refractivity contribution in [2.75, 3.05) is 26.6 Å². The van der Waals surface area contributed by atoms with Crippen LogP contribution in [-0.2, 0) is 9.47 Å². The summed E-state index contributed by atoms with van der Waals surface area (Å²) in [5.41, 5.74) is 0. The molecule has 0 saturated carbocycles. The normalized spacial score (nSPS) is 10.8. The van der Waals surface area contributed by atoms with Crippen LogP contribution in [0.2, 0.25) is 0 Å². The van der Waals surface area contributed by atoms with E-state index in [-0.39, 0.29) is 6.79 Å². The van der Waals surface area contributed by atoms with Gasteiger partial charge in [-0.3, -0.25) is 0 Å². The van der Waals surface area contributed by atoms with Crippen LogP contribution < -0.4 is 0 Å². The van der Waals surface area contributed by atoms with Gasteiger partial charge in [0.1, 0.15) is 6.79 Å². The number of ether oxygens (including phenoxy) is 2. The molecular weight excluding hydrogens is 132 g/mol. The smallest absolute Gasteiger partial charge is 0.143 e. The Morgan fingerprint density at radius 3 is 2.30 bits per heavy atom. The Balaban J connectivity index is 2.77. The maximum atomic E-state index is 8.20. The Morgan fingerprint density at radius 2 is 1.80 bits per heavy atom. The van der Waals surface area contributed by atoms with Gasteiger partial charge in [0.2, 0.25) is 0 Å². The molecule has 0 aliphatic rings. The number of rotatable bonds is 6. The maximum Gasteiger partial charge on any atom is 0.143 e. The quantitative estimate of drug-likeness (QED) is 0.443. The topological polar surface area (TPSA) is 38.7 Å². The van der Waals surface area contributed by atoms with Gasteiger partial charge < -0.3 is 14.6 Å². The molecular formula is C7H16O3. The molecule has 0 spiro atoms. The van der Waals surface area contributed by atoms with Crippen molar-refractivity contribution in [3.05, 3.63) is 0 Å². The van der Waals surface area contributed by atoms with Crippen molar-refractivity contribution in [3.63, 3.8) is 0 Å². The minimum atomic E-state index is -0.217. The van der Waals surface area contributed by atoms with Crippen LogP contribution in [0.15, 0.2) is 0 Å². The minimum Gasteiger partial charge on any atom is -0.379 e. The zero-order chi connectivity index (χ0) is 7.82. The Labute approximate surface area is 62.0 Å². The Kier molecular flexibility index (Phi) is 6.91. The molecule has 0 aromatic heterocycles. The van der Waals surface area contributed by atoms with Gasteiger partial charge >= 0.3 is 0 Å². The number of hydrogen-bond donors (Lipinski definition) is 1. The third-order valence-corrected chi connectivity index (χ3v) is 0.914. The van der Waals surface area contributed by atoms with Crippen molar-refractivity contribution in [1.82, 2.24) is 0 Å². The molecule has 0 unspecified atom stereocenters. The molecule has 0 amide bonds. The van der Waals surface area contributed by atoms with Gasteiger partial charge in [0.25, 0.3) is 0 Å². The zero-order valence-electron chi connectivity index (χ0n) is 6.67. The highest BCUT2D eigenvalue weighted by Crippen LogP contribution is 1.91. The van der Waals surface area contributed by atoms with E-state index in [1.165, 1.54) is 0 Å². The lowest BCUT2D eigenvalue weighted by atomic mass is 10.2. The largest absolute Gasteiger partial charge is 0.379 e. The molecule has 0 heterocycles. The first-order chi connectivity index (χ1) is 4.77. The molecule has 1 N–H and O–H groups in total. The first-order valence-electron chi connectivity index (χ1n) is 3.53. The van der Waals surface area contributed by atoms with Gasteiger partial charge in [-0.25, -0.2) is 0 Å². The lowest BCUT2D eigenvalue weighted by Crippen LogP contribution is -2.08. The van der Waals surface area contributed by atoms with Gasteiger partial charge in [-0.05, 0) is 5.92 Å². The van der Waals surface area contributed by atoms with Gasteiger partial charge in [0.15, 0.2) is 0 Å². The fraction of sp³-hybridized carbons (Fsp3) is 1.00. The van der Waals surface area contributed by atoms with E-state index in [1.54, 1.807) is 0 Å². The SMILES string of the molecule is CC(C)COCCOCO. The molecule has 3 nitrogen and oxygen atoms in total. The number of aliphatic hydroxyl groups is 1. The van der Waals surface area contributed by atoms with Crippen LogP contribution in [0.25, 0.3) is 0 Å². The van der Waals surface area contributed by atoms with Gasteiger partial charge in [-0.15, -0.1) is 0 Å². The van der Waals surface area contributed by atoms with Crippen LogP contribution in [0.1, 0.15) is 13.8 Å². The van der Waals surface area contributed by atoms with Crippen molar-refractivity contribution in [2.45, 2.75) is 13.8 Å². The average Bonchev–Trinajstić information content (AvgIpc) is 1.87. The Hall–Kier alpha value is -0.120. The van der Waals surface area contributed by atoms with E-state index in [2.05, 4.69) is 18.6 Å². The molecule has 0 atom stereocenters. The van der Waals surface area contributed by atoms with E-state index in [1.807, 2.05) is 0 Å². The summed E-state index contributed by atoms with van der Waals surface area (Å²) in [4.78, 5) is 0. The maximum absolute atomic E-state index is 8.20. The molecule has 10 heavy (non-hydrogen) atoms. The van der Waals surface area contributed by atoms with Crippen molar-refractivity contribution in [3.8, 4) is 0 Å². The predicted octanol–water partition coefficient (Wildman–Crippen LogP) is 0.625. The van der Waals surface area contributed by atoms with E-state index < -0.39 is 0 Å². The first kappa shape index (κ1) is 9.88. The number of aliphatic hydroxyl groups excluding tert-OH is 1. The number of hydrogen-bond acceptors (Lipinski definition) is 3. The van der Waals surface area contributed by atoms with Gasteiger partial charge in [-0.2, -0.15) is 0 Å². The molecule has 0 fully saturated rings. The lowest BCUT2D eigenvalue weighted by molar-refractivity contribution is -0.0321. The van der Waals surface area contributed by atoms with Gasteiger partial charge in [0, 0.05) is 6.61 Å². The summed E-state index contributed by atoms with van der Waals surface area (Å²) in [6, 6.07) is 0. The minimum absolute atomic E-state index is 0.217. The van der Waals surface area contributed by atoms with Crippen molar-refractivity contribution >= 4 is 0 Å². The van der Waals surface area contributed by atoms with E-state index in [0.29, 0.717) is 19.1 Å². The fourth-order valence-electron chi connectivity index (χ4n) is 0.501. The lowest BCUT2D eigenvalue weighted by Gasteiger charge is -2.05. The zero-order valence-corrected chi connectivity index (χ0v) is 6.67. The second-order valence-electron chi connectivity index (χ2n) is 2.51. The molecule has 0 rings (SSSR count). The summed E-state index contributed by atoms with van der Waals surface area (Å²) in [7, 11) is 0. The summed E-state index contributed by atoms with van der Waals surface area (Å²) in [6.07, 6.45) is 0. The molecule has 0 radical (unpaired) electrons. The second kappa shape index (κ2) is 6.99. The average molecular weight is 148 g/mol. The predicted molar refractivity (Wildman–Crippen MR) is 38.7 cm³/mol. The van der Waals surface area contributed by atoms with Crippen molar-refractivity contribution in [1.29, 1.82) is 0 Å². The van der Waals surface area contributed by atoms with Crippen LogP contribution >= 0.6 is 0 Å². The summed E-state index contributed by atoms with van der Waals surface area (Å²) in [5, 5.41) is 8.20. The van der Waals surface area contributed by atoms with E-state index in [0.717, 1.165) is 6.61 Å². The summed E-state index contributed by atoms with van der Waals surface area (Å²) in [5.74, 6) is 0.564. The Morgan fingerprint density at radius 1 is 1.20 bits per heavy atom. The monoisotopic (exact) mass is 148 g/mol.